The first-order valence-corrected chi connectivity index (χ1v) is 13.3. The second-order valence-corrected chi connectivity index (χ2v) is 11.2. The van der Waals surface area contributed by atoms with Crippen molar-refractivity contribution in [2.45, 2.75) is 49.9 Å². The van der Waals surface area contributed by atoms with E-state index in [-0.39, 0.29) is 37.0 Å². The Bertz CT molecular complexity index is 1050. The van der Waals surface area contributed by atoms with Gasteiger partial charge in [0.2, 0.25) is 17.7 Å². The highest BCUT2D eigenvalue weighted by Gasteiger charge is 2.44. The quantitative estimate of drug-likeness (QED) is 0.600. The lowest BCUT2D eigenvalue weighted by molar-refractivity contribution is -0.144. The Morgan fingerprint density at radius 2 is 1.94 bits per heavy atom. The van der Waals surface area contributed by atoms with Crippen LogP contribution in [0.25, 0.3) is 0 Å². The van der Waals surface area contributed by atoms with Crippen LogP contribution in [0.1, 0.15) is 37.3 Å². The first-order valence-electron chi connectivity index (χ1n) is 11.2. The molecule has 0 unspecified atom stereocenters. The van der Waals surface area contributed by atoms with Crippen molar-refractivity contribution in [3.63, 3.8) is 0 Å². The highest BCUT2D eigenvalue weighted by molar-refractivity contribution is 7.91. The molecule has 3 aliphatic rings. The summed E-state index contributed by atoms with van der Waals surface area (Å²) in [5.41, 5.74) is 7.04. The number of nitrogens with zero attached hydrogens (tertiary/aromatic N) is 2. The van der Waals surface area contributed by atoms with E-state index in [4.69, 9.17) is 10.5 Å². The second-order valence-electron chi connectivity index (χ2n) is 9.03. The Labute approximate surface area is 193 Å². The predicted molar refractivity (Wildman–Crippen MR) is 120 cm³/mol. The van der Waals surface area contributed by atoms with E-state index in [1.54, 1.807) is 4.90 Å². The molecule has 1 aromatic rings. The highest BCUT2D eigenvalue weighted by atomic mass is 32.2. The summed E-state index contributed by atoms with van der Waals surface area (Å²) in [5.74, 6) is -1.02. The number of rotatable bonds is 4. The van der Waals surface area contributed by atoms with Gasteiger partial charge in [-0.05, 0) is 25.3 Å². The number of sulfone groups is 1. The Balaban J connectivity index is 1.46. The van der Waals surface area contributed by atoms with Crippen LogP contribution in [0, 0.1) is 0 Å². The van der Waals surface area contributed by atoms with Gasteiger partial charge in [0, 0.05) is 37.4 Å². The topological polar surface area (TPSA) is 139 Å². The lowest BCUT2D eigenvalue weighted by Gasteiger charge is -2.38. The number of carbonyl (C=O) groups excluding carboxylic acids is 3. The molecule has 0 saturated carbocycles. The molecule has 11 heteroatoms. The van der Waals surface area contributed by atoms with Crippen molar-refractivity contribution < 1.29 is 27.5 Å². The van der Waals surface area contributed by atoms with Gasteiger partial charge >= 0.3 is 0 Å². The first kappa shape index (κ1) is 23.5. The van der Waals surface area contributed by atoms with Crippen molar-refractivity contribution in [2.75, 3.05) is 31.7 Å². The summed E-state index contributed by atoms with van der Waals surface area (Å²) in [7, 11) is -3.49. The van der Waals surface area contributed by atoms with Crippen molar-refractivity contribution in [2.24, 2.45) is 5.73 Å². The van der Waals surface area contributed by atoms with Gasteiger partial charge < -0.3 is 25.6 Å². The van der Waals surface area contributed by atoms with Gasteiger partial charge in [0.05, 0.1) is 12.6 Å². The van der Waals surface area contributed by atoms with Crippen LogP contribution in [-0.2, 0) is 24.2 Å². The molecule has 3 heterocycles. The predicted octanol–water partition coefficient (Wildman–Crippen LogP) is -0.410. The monoisotopic (exact) mass is 478 g/mol. The number of nitrogens with one attached hydrogen (secondary N) is 1. The Kier molecular flexibility index (Phi) is 6.62. The molecule has 4 rings (SSSR count). The van der Waals surface area contributed by atoms with Gasteiger partial charge in [0.1, 0.15) is 23.6 Å². The van der Waals surface area contributed by atoms with Gasteiger partial charge in [-0.25, -0.2) is 8.42 Å². The van der Waals surface area contributed by atoms with Crippen LogP contribution < -0.4 is 15.8 Å². The summed E-state index contributed by atoms with van der Waals surface area (Å²) in [6.45, 7) is 0.719. The van der Waals surface area contributed by atoms with Crippen molar-refractivity contribution in [1.29, 1.82) is 0 Å². The number of para-hydroxylation sites is 1. The molecule has 3 amide bonds. The van der Waals surface area contributed by atoms with Crippen LogP contribution in [0.15, 0.2) is 24.3 Å². The number of nitrogens with two attached hydrogens (primary N) is 1. The zero-order chi connectivity index (χ0) is 23.8. The van der Waals surface area contributed by atoms with E-state index in [0.29, 0.717) is 32.3 Å². The number of hydrogen-bond acceptors (Lipinski definition) is 7. The maximum atomic E-state index is 13.2. The molecule has 0 spiro atoms. The standard InChI is InChI=1S/C22H30N4O6S/c1-33(30,31)13-20(27)25-10-8-14-6-7-18(26(14)22(29)16(23)12-25)21(28)24-17-9-11-32-19-5-3-2-4-15(17)19/h2-5,14,16-18H,6-13,23H2,1H3,(H,24,28)/t14-,16+,17-,18+/m1/s1. The van der Waals surface area contributed by atoms with E-state index in [2.05, 4.69) is 5.32 Å². The van der Waals surface area contributed by atoms with Gasteiger partial charge in [0.25, 0.3) is 0 Å². The number of benzene rings is 1. The van der Waals surface area contributed by atoms with E-state index in [1.165, 1.54) is 4.90 Å². The maximum Gasteiger partial charge on any atom is 0.243 e. The summed E-state index contributed by atoms with van der Waals surface area (Å²) in [4.78, 5) is 41.8. The van der Waals surface area contributed by atoms with Crippen molar-refractivity contribution >= 4 is 27.6 Å². The summed E-state index contributed by atoms with van der Waals surface area (Å²) < 4.78 is 28.7. The third-order valence-electron chi connectivity index (χ3n) is 6.54. The number of amides is 3. The third-order valence-corrected chi connectivity index (χ3v) is 7.31. The molecule has 10 nitrogen and oxygen atoms in total. The average Bonchev–Trinajstić information content (AvgIpc) is 3.17. The second kappa shape index (κ2) is 9.30. The maximum absolute atomic E-state index is 13.2. The lowest BCUT2D eigenvalue weighted by atomic mass is 10.00. The third kappa shape index (κ3) is 5.14. The van der Waals surface area contributed by atoms with Crippen LogP contribution >= 0.6 is 0 Å². The fourth-order valence-electron chi connectivity index (χ4n) is 4.96. The van der Waals surface area contributed by atoms with Crippen LogP contribution in [0.5, 0.6) is 5.75 Å². The summed E-state index contributed by atoms with van der Waals surface area (Å²) in [5, 5.41) is 3.09. The number of ether oxygens (including phenoxy) is 1. The van der Waals surface area contributed by atoms with Crippen LogP contribution in [0.2, 0.25) is 0 Å². The van der Waals surface area contributed by atoms with Crippen molar-refractivity contribution in [1.82, 2.24) is 15.1 Å². The largest absolute Gasteiger partial charge is 0.493 e. The fourth-order valence-corrected chi connectivity index (χ4v) is 5.59. The summed E-state index contributed by atoms with van der Waals surface area (Å²) in [6.07, 6.45) is 3.24. The molecule has 2 saturated heterocycles. The van der Waals surface area contributed by atoms with Gasteiger partial charge in [-0.15, -0.1) is 0 Å². The van der Waals surface area contributed by atoms with E-state index in [9.17, 15) is 22.8 Å². The number of hydrogen-bond donors (Lipinski definition) is 2. The minimum Gasteiger partial charge on any atom is -0.493 e. The van der Waals surface area contributed by atoms with Crippen LogP contribution in [0.4, 0.5) is 0 Å². The molecule has 0 aromatic heterocycles. The molecule has 0 radical (unpaired) electrons. The normalized spacial score (nSPS) is 27.6. The molecule has 180 valence electrons. The van der Waals surface area contributed by atoms with E-state index in [1.807, 2.05) is 24.3 Å². The minimum absolute atomic E-state index is 0.0713. The number of carbonyl (C=O) groups is 3. The Morgan fingerprint density at radius 3 is 2.70 bits per heavy atom. The highest BCUT2D eigenvalue weighted by Crippen LogP contribution is 2.33. The van der Waals surface area contributed by atoms with E-state index in [0.717, 1.165) is 17.6 Å². The minimum atomic E-state index is -3.49. The van der Waals surface area contributed by atoms with E-state index < -0.39 is 33.6 Å². The smallest absolute Gasteiger partial charge is 0.243 e. The molecule has 1 aromatic carbocycles. The molecule has 0 aliphatic carbocycles. The van der Waals surface area contributed by atoms with Crippen molar-refractivity contribution in [3.8, 4) is 5.75 Å². The molecule has 3 aliphatic heterocycles. The molecule has 3 N–H and O–H groups in total. The van der Waals surface area contributed by atoms with Gasteiger partial charge in [-0.2, -0.15) is 0 Å². The SMILES string of the molecule is CS(=O)(=O)CC(=O)N1CC[C@H]2CC[C@@H](C(=O)N[C@@H]3CCOc4ccccc43)N2C(=O)[C@@H](N)C1. The fraction of sp³-hybridized carbons (Fsp3) is 0.591. The number of fused-ring (bicyclic) bond motifs is 2. The summed E-state index contributed by atoms with van der Waals surface area (Å²) in [6, 6.07) is 5.52. The Hall–Kier alpha value is -2.66. The molecule has 2 fully saturated rings. The van der Waals surface area contributed by atoms with Gasteiger partial charge in [-0.1, -0.05) is 18.2 Å². The molecular formula is C22H30N4O6S. The van der Waals surface area contributed by atoms with E-state index >= 15 is 0 Å². The van der Waals surface area contributed by atoms with Crippen LogP contribution in [-0.4, -0.2) is 85.8 Å². The van der Waals surface area contributed by atoms with Gasteiger partial charge in [0.15, 0.2) is 9.84 Å². The van der Waals surface area contributed by atoms with Crippen LogP contribution in [0.3, 0.4) is 0 Å². The zero-order valence-electron chi connectivity index (χ0n) is 18.6. The lowest BCUT2D eigenvalue weighted by Crippen LogP contribution is -2.59. The Morgan fingerprint density at radius 1 is 1.18 bits per heavy atom. The van der Waals surface area contributed by atoms with Crippen molar-refractivity contribution in [3.05, 3.63) is 29.8 Å². The molecule has 0 bridgehead atoms. The summed E-state index contributed by atoms with van der Waals surface area (Å²) >= 11 is 0. The molecular weight excluding hydrogens is 448 g/mol. The first-order chi connectivity index (χ1) is 15.6. The zero-order valence-corrected chi connectivity index (χ0v) is 19.4. The average molecular weight is 479 g/mol. The molecule has 33 heavy (non-hydrogen) atoms. The van der Waals surface area contributed by atoms with Gasteiger partial charge in [-0.3, -0.25) is 14.4 Å². The molecule has 4 atom stereocenters.